The molecule has 0 saturated carbocycles. The molecule has 1 N–H and O–H groups in total. The van der Waals surface area contributed by atoms with E-state index in [0.29, 0.717) is 19.4 Å². The number of hydrogen-bond donors (Lipinski definition) is 1. The Morgan fingerprint density at radius 2 is 2.17 bits per heavy atom. The van der Waals surface area contributed by atoms with Crippen LogP contribution in [0.1, 0.15) is 10.4 Å². The van der Waals surface area contributed by atoms with Crippen molar-refractivity contribution in [1.82, 2.24) is 4.98 Å². The Bertz CT molecular complexity index is 606. The van der Waals surface area contributed by atoms with Crippen molar-refractivity contribution in [2.45, 2.75) is 0 Å². The minimum Gasteiger partial charge on any atom is -0.320 e. The summed E-state index contributed by atoms with van der Waals surface area (Å²) < 4.78 is 14.1. The van der Waals surface area contributed by atoms with Crippen LogP contribution in [-0.2, 0) is 0 Å². The summed E-state index contributed by atoms with van der Waals surface area (Å²) in [5.74, 6) is -0.661. The number of pyridine rings is 1. The summed E-state index contributed by atoms with van der Waals surface area (Å²) in [4.78, 5) is 16.0. The van der Waals surface area contributed by atoms with E-state index in [-0.39, 0.29) is 11.7 Å². The van der Waals surface area contributed by atoms with Crippen molar-refractivity contribution < 1.29 is 9.18 Å². The molecule has 1 aromatic heterocycles. The zero-order valence-corrected chi connectivity index (χ0v) is 12.7. The molecule has 1 heterocycles. The number of rotatable bonds is 2. The highest BCUT2D eigenvalue weighted by Gasteiger charge is 2.12. The van der Waals surface area contributed by atoms with Crippen LogP contribution >= 0.6 is 38.5 Å². The van der Waals surface area contributed by atoms with Gasteiger partial charge >= 0.3 is 0 Å². The summed E-state index contributed by atoms with van der Waals surface area (Å²) in [6, 6.07) is 7.47. The van der Waals surface area contributed by atoms with E-state index < -0.39 is 0 Å². The quantitative estimate of drug-likeness (QED) is 0.592. The lowest BCUT2D eigenvalue weighted by Crippen LogP contribution is -2.14. The first-order valence-corrected chi connectivity index (χ1v) is 6.82. The summed E-state index contributed by atoms with van der Waals surface area (Å²) in [5, 5.41) is 2.71. The van der Waals surface area contributed by atoms with Gasteiger partial charge in [-0.05, 0) is 68.9 Å². The minimum atomic E-state index is -0.362. The van der Waals surface area contributed by atoms with Gasteiger partial charge in [-0.3, -0.25) is 4.79 Å². The average molecular weight is 421 g/mol. The molecule has 0 aliphatic heterocycles. The number of nitrogens with zero attached hydrogens (tertiary/aromatic N) is 1. The molecule has 2 aromatic rings. The molecule has 0 saturated heterocycles. The van der Waals surface area contributed by atoms with Crippen LogP contribution < -0.4 is 5.32 Å². The fourth-order valence-electron chi connectivity index (χ4n) is 1.34. The molecular formula is C12H7BrFIN2O. The van der Waals surface area contributed by atoms with Crippen LogP contribution in [0.15, 0.2) is 41.1 Å². The molecule has 0 radical (unpaired) electrons. The fourth-order valence-corrected chi connectivity index (χ4v) is 2.41. The number of amides is 1. The zero-order valence-electron chi connectivity index (χ0n) is 8.95. The van der Waals surface area contributed by atoms with Crippen LogP contribution in [0.2, 0.25) is 0 Å². The molecule has 3 nitrogen and oxygen atoms in total. The van der Waals surface area contributed by atoms with Crippen molar-refractivity contribution in [3.8, 4) is 0 Å². The largest absolute Gasteiger partial charge is 0.320 e. The average Bonchev–Trinajstić information content (AvgIpc) is 2.32. The number of aromatic nitrogens is 1. The number of halogens is 3. The van der Waals surface area contributed by atoms with Gasteiger partial charge in [-0.1, -0.05) is 0 Å². The van der Waals surface area contributed by atoms with Crippen LogP contribution in [0.5, 0.6) is 0 Å². The maximum atomic E-state index is 12.9. The van der Waals surface area contributed by atoms with Crippen molar-refractivity contribution >= 4 is 50.1 Å². The number of carbonyl (C=O) groups excluding carboxylic acids is 1. The second-order valence-electron chi connectivity index (χ2n) is 3.42. The van der Waals surface area contributed by atoms with Crippen molar-refractivity contribution in [2.24, 2.45) is 0 Å². The fraction of sp³-hybridized carbons (Fsp3) is 0. The van der Waals surface area contributed by atoms with E-state index in [9.17, 15) is 9.18 Å². The predicted molar refractivity (Wildman–Crippen MR) is 79.0 cm³/mol. The minimum absolute atomic E-state index is 0.298. The molecule has 1 amide bonds. The van der Waals surface area contributed by atoms with Crippen LogP contribution in [-0.4, -0.2) is 10.9 Å². The number of benzene rings is 1. The summed E-state index contributed by atoms with van der Waals surface area (Å²) >= 11 is 5.16. The first-order chi connectivity index (χ1) is 8.58. The third kappa shape index (κ3) is 3.05. The SMILES string of the molecule is O=C(Nc1cccnc1Br)c1ccc(F)cc1I. The second-order valence-corrected chi connectivity index (χ2v) is 5.33. The van der Waals surface area contributed by atoms with Crippen molar-refractivity contribution in [3.63, 3.8) is 0 Å². The van der Waals surface area contributed by atoms with Gasteiger partial charge in [0.05, 0.1) is 11.3 Å². The topological polar surface area (TPSA) is 42.0 Å². The Kier molecular flexibility index (Phi) is 4.28. The Hall–Kier alpha value is -1.02. The summed E-state index contributed by atoms with van der Waals surface area (Å²) in [7, 11) is 0. The molecule has 0 spiro atoms. The Morgan fingerprint density at radius 3 is 2.83 bits per heavy atom. The smallest absolute Gasteiger partial charge is 0.256 e. The number of carbonyl (C=O) groups is 1. The van der Waals surface area contributed by atoms with E-state index in [1.54, 1.807) is 18.3 Å². The van der Waals surface area contributed by atoms with Crippen LogP contribution in [0, 0.1) is 9.39 Å². The lowest BCUT2D eigenvalue weighted by atomic mass is 10.2. The number of anilines is 1. The van der Waals surface area contributed by atoms with E-state index in [2.05, 4.69) is 26.2 Å². The normalized spacial score (nSPS) is 10.2. The highest BCUT2D eigenvalue weighted by atomic mass is 127. The van der Waals surface area contributed by atoms with E-state index in [4.69, 9.17) is 0 Å². The zero-order chi connectivity index (χ0) is 13.1. The monoisotopic (exact) mass is 420 g/mol. The van der Waals surface area contributed by atoms with Gasteiger partial charge in [0, 0.05) is 9.77 Å². The van der Waals surface area contributed by atoms with Crippen LogP contribution in [0.3, 0.4) is 0 Å². The van der Waals surface area contributed by atoms with Gasteiger partial charge in [0.2, 0.25) is 0 Å². The first-order valence-electron chi connectivity index (χ1n) is 4.95. The third-order valence-corrected chi connectivity index (χ3v) is 3.71. The van der Waals surface area contributed by atoms with Gasteiger partial charge in [0.15, 0.2) is 0 Å². The molecule has 0 aliphatic carbocycles. The number of hydrogen-bond acceptors (Lipinski definition) is 2. The standard InChI is InChI=1S/C12H7BrFIN2O/c13-11-10(2-1-5-16-11)17-12(18)8-4-3-7(14)6-9(8)15/h1-6H,(H,17,18). The Morgan fingerprint density at radius 1 is 1.39 bits per heavy atom. The molecule has 0 unspecified atom stereocenters. The summed E-state index contributed by atoms with van der Waals surface area (Å²) in [6.45, 7) is 0. The highest BCUT2D eigenvalue weighted by Crippen LogP contribution is 2.21. The lowest BCUT2D eigenvalue weighted by Gasteiger charge is -2.07. The van der Waals surface area contributed by atoms with Crippen molar-refractivity contribution in [1.29, 1.82) is 0 Å². The third-order valence-electron chi connectivity index (χ3n) is 2.18. The van der Waals surface area contributed by atoms with Gasteiger partial charge in [-0.2, -0.15) is 0 Å². The second kappa shape index (κ2) is 5.75. The van der Waals surface area contributed by atoms with Gasteiger partial charge < -0.3 is 5.32 Å². The predicted octanol–water partition coefficient (Wildman–Crippen LogP) is 3.84. The molecule has 2 rings (SSSR count). The number of nitrogens with one attached hydrogen (secondary N) is 1. The first kappa shape index (κ1) is 13.4. The summed E-state index contributed by atoms with van der Waals surface area (Å²) in [5.41, 5.74) is 0.996. The summed E-state index contributed by atoms with van der Waals surface area (Å²) in [6.07, 6.45) is 1.61. The van der Waals surface area contributed by atoms with Gasteiger partial charge in [-0.15, -0.1) is 0 Å². The van der Waals surface area contributed by atoms with Crippen molar-refractivity contribution in [2.75, 3.05) is 5.32 Å². The Labute approximate surface area is 125 Å². The van der Waals surface area contributed by atoms with Gasteiger partial charge in [0.1, 0.15) is 10.4 Å². The maximum Gasteiger partial charge on any atom is 0.256 e. The van der Waals surface area contributed by atoms with Gasteiger partial charge in [0.25, 0.3) is 5.91 Å². The highest BCUT2D eigenvalue weighted by molar-refractivity contribution is 14.1. The Balaban J connectivity index is 2.25. The van der Waals surface area contributed by atoms with E-state index >= 15 is 0 Å². The molecule has 0 fully saturated rings. The van der Waals surface area contributed by atoms with E-state index in [1.807, 2.05) is 22.6 Å². The van der Waals surface area contributed by atoms with E-state index in [1.165, 1.54) is 18.2 Å². The van der Waals surface area contributed by atoms with Gasteiger partial charge in [-0.25, -0.2) is 9.37 Å². The molecular weight excluding hydrogens is 414 g/mol. The lowest BCUT2D eigenvalue weighted by molar-refractivity contribution is 0.102. The molecule has 0 atom stereocenters. The molecule has 0 aliphatic rings. The van der Waals surface area contributed by atoms with Crippen molar-refractivity contribution in [3.05, 3.63) is 56.1 Å². The molecule has 92 valence electrons. The maximum absolute atomic E-state index is 12.9. The molecule has 0 bridgehead atoms. The van der Waals surface area contributed by atoms with Crippen LogP contribution in [0.4, 0.5) is 10.1 Å². The molecule has 18 heavy (non-hydrogen) atoms. The van der Waals surface area contributed by atoms with Crippen LogP contribution in [0.25, 0.3) is 0 Å². The van der Waals surface area contributed by atoms with E-state index in [0.717, 1.165) is 0 Å². The molecule has 6 heteroatoms. The molecule has 1 aromatic carbocycles.